The third-order valence-corrected chi connectivity index (χ3v) is 9.89. The van der Waals surface area contributed by atoms with Crippen molar-refractivity contribution in [2.24, 2.45) is 11.3 Å². The number of sulfonamides is 1. The van der Waals surface area contributed by atoms with Crippen LogP contribution in [0.2, 0.25) is 0 Å². The zero-order chi connectivity index (χ0) is 26.5. The quantitative estimate of drug-likeness (QED) is 0.501. The molecular formula is C26H28FN3O4S2. The lowest BCUT2D eigenvalue weighted by Gasteiger charge is -2.34. The van der Waals surface area contributed by atoms with Crippen molar-refractivity contribution in [3.63, 3.8) is 0 Å². The van der Waals surface area contributed by atoms with Gasteiger partial charge < -0.3 is 0 Å². The van der Waals surface area contributed by atoms with E-state index in [-0.39, 0.29) is 32.4 Å². The first-order chi connectivity index (χ1) is 16.7. The number of fused-ring (bicyclic) bond motifs is 1. The van der Waals surface area contributed by atoms with Crippen molar-refractivity contribution in [2.75, 3.05) is 4.72 Å². The Bertz CT molecular complexity index is 1580. The van der Waals surface area contributed by atoms with Crippen LogP contribution in [0.15, 0.2) is 58.5 Å². The lowest BCUT2D eigenvalue weighted by atomic mass is 9.72. The summed E-state index contributed by atoms with van der Waals surface area (Å²) in [5.74, 6) is -0.752. The van der Waals surface area contributed by atoms with Crippen molar-refractivity contribution < 1.29 is 21.2 Å². The van der Waals surface area contributed by atoms with Gasteiger partial charge in [-0.1, -0.05) is 38.5 Å². The summed E-state index contributed by atoms with van der Waals surface area (Å²) in [6, 6.07) is 11.6. The second-order valence-electron chi connectivity index (χ2n) is 10.3. The normalized spacial score (nSPS) is 16.3. The van der Waals surface area contributed by atoms with Crippen LogP contribution in [-0.4, -0.2) is 20.8 Å². The van der Waals surface area contributed by atoms with E-state index >= 15 is 0 Å². The molecule has 0 aliphatic heterocycles. The predicted octanol–water partition coefficient (Wildman–Crippen LogP) is 5.00. The molecule has 4 rings (SSSR count). The highest BCUT2D eigenvalue weighted by atomic mass is 32.2. The molecule has 190 valence electrons. The molecule has 1 aromatic heterocycles. The Kier molecular flexibility index (Phi) is 6.52. The number of nitrogens with one attached hydrogen (secondary N) is 1. The molecule has 7 nitrogen and oxygen atoms in total. The number of benzene rings is 2. The molecule has 0 saturated carbocycles. The van der Waals surface area contributed by atoms with Crippen LogP contribution in [0.5, 0.6) is 0 Å². The van der Waals surface area contributed by atoms with E-state index in [1.165, 1.54) is 24.3 Å². The number of aromatic nitrogens is 1. The molecule has 0 bridgehead atoms. The van der Waals surface area contributed by atoms with Crippen molar-refractivity contribution in [3.05, 3.63) is 76.9 Å². The van der Waals surface area contributed by atoms with E-state index < -0.39 is 25.9 Å². The third-order valence-electron chi connectivity index (χ3n) is 6.76. The SMILES string of the molecule is Cc1ccc(S(=O)(=O)n2cc(S(=O)(=O)Nc3ccc(C#N)cc3F)c3c2CC(C(C)(C)C)CC3)cc1. The van der Waals surface area contributed by atoms with E-state index in [9.17, 15) is 21.2 Å². The number of hydrogen-bond donors (Lipinski definition) is 1. The smallest absolute Gasteiger partial charge is 0.267 e. The van der Waals surface area contributed by atoms with Crippen LogP contribution in [0.3, 0.4) is 0 Å². The highest BCUT2D eigenvalue weighted by Gasteiger charge is 2.37. The molecule has 1 unspecified atom stereocenters. The standard InChI is InChI=1S/C26H28FN3O4S2/c1-17-5-9-20(10-6-17)36(33,34)30-16-25(21-11-8-19(14-24(21)30)26(2,3)4)35(31,32)29-23-12-7-18(15-28)13-22(23)27/h5-7,9-10,12-13,16,19,29H,8,11,14H2,1-4H3. The van der Waals surface area contributed by atoms with Crippen LogP contribution in [0.1, 0.15) is 49.6 Å². The third kappa shape index (κ3) is 4.77. The van der Waals surface area contributed by atoms with E-state index in [0.717, 1.165) is 21.8 Å². The Morgan fingerprint density at radius 2 is 1.75 bits per heavy atom. The van der Waals surface area contributed by atoms with E-state index in [1.807, 2.05) is 6.92 Å². The van der Waals surface area contributed by atoms with Gasteiger partial charge >= 0.3 is 0 Å². The lowest BCUT2D eigenvalue weighted by Crippen LogP contribution is -2.29. The molecule has 1 heterocycles. The summed E-state index contributed by atoms with van der Waals surface area (Å²) in [4.78, 5) is -0.136. The lowest BCUT2D eigenvalue weighted by molar-refractivity contribution is 0.213. The van der Waals surface area contributed by atoms with E-state index in [1.54, 1.807) is 18.2 Å². The first-order valence-corrected chi connectivity index (χ1v) is 14.4. The second-order valence-corrected chi connectivity index (χ2v) is 13.7. The fraction of sp³-hybridized carbons (Fsp3) is 0.346. The number of hydrogen-bond acceptors (Lipinski definition) is 5. The van der Waals surface area contributed by atoms with Gasteiger partial charge in [-0.05, 0) is 73.4 Å². The highest BCUT2D eigenvalue weighted by molar-refractivity contribution is 7.93. The van der Waals surface area contributed by atoms with Crippen LogP contribution in [0.25, 0.3) is 0 Å². The highest BCUT2D eigenvalue weighted by Crippen LogP contribution is 2.41. The van der Waals surface area contributed by atoms with Crippen LogP contribution < -0.4 is 4.72 Å². The summed E-state index contributed by atoms with van der Waals surface area (Å²) in [6.07, 6.45) is 2.60. The number of halogens is 1. The topological polar surface area (TPSA) is 109 Å². The number of nitrogens with zero attached hydrogens (tertiary/aromatic N) is 2. The molecule has 0 spiro atoms. The molecule has 1 atom stereocenters. The molecule has 1 N–H and O–H groups in total. The summed E-state index contributed by atoms with van der Waals surface area (Å²) in [7, 11) is -8.42. The van der Waals surface area contributed by atoms with Crippen LogP contribution in [0.4, 0.5) is 10.1 Å². The van der Waals surface area contributed by atoms with Gasteiger partial charge in [-0.25, -0.2) is 25.2 Å². The van der Waals surface area contributed by atoms with E-state index in [4.69, 9.17) is 5.26 Å². The summed E-state index contributed by atoms with van der Waals surface area (Å²) < 4.78 is 72.0. The first kappa shape index (κ1) is 25.9. The van der Waals surface area contributed by atoms with Crippen molar-refractivity contribution in [3.8, 4) is 6.07 Å². The van der Waals surface area contributed by atoms with Crippen molar-refractivity contribution in [1.29, 1.82) is 5.26 Å². The van der Waals surface area contributed by atoms with E-state index in [2.05, 4.69) is 25.5 Å². The molecule has 0 radical (unpaired) electrons. The van der Waals surface area contributed by atoms with Gasteiger partial charge in [0.25, 0.3) is 20.0 Å². The largest absolute Gasteiger partial charge is 0.277 e. The second kappa shape index (κ2) is 9.05. The predicted molar refractivity (Wildman–Crippen MR) is 135 cm³/mol. The molecule has 2 aromatic carbocycles. The van der Waals surface area contributed by atoms with Crippen molar-refractivity contribution in [2.45, 2.75) is 56.7 Å². The van der Waals surface area contributed by atoms with Crippen molar-refractivity contribution >= 4 is 25.7 Å². The molecular weight excluding hydrogens is 501 g/mol. The summed E-state index contributed by atoms with van der Waals surface area (Å²) >= 11 is 0. The molecule has 10 heteroatoms. The Morgan fingerprint density at radius 1 is 1.08 bits per heavy atom. The van der Waals surface area contributed by atoms with Crippen LogP contribution in [0, 0.1) is 35.4 Å². The van der Waals surface area contributed by atoms with E-state index in [0.29, 0.717) is 30.5 Å². The van der Waals surface area contributed by atoms with Gasteiger partial charge in [-0.15, -0.1) is 0 Å². The summed E-state index contributed by atoms with van der Waals surface area (Å²) in [5.41, 5.74) is 1.38. The molecule has 1 aliphatic rings. The number of nitriles is 1. The molecule has 0 amide bonds. The van der Waals surface area contributed by atoms with Crippen molar-refractivity contribution in [1.82, 2.24) is 3.97 Å². The Labute approximate surface area is 211 Å². The molecule has 3 aromatic rings. The fourth-order valence-corrected chi connectivity index (χ4v) is 7.39. The maximum absolute atomic E-state index is 14.5. The van der Waals surface area contributed by atoms with Gasteiger partial charge in [0.15, 0.2) is 0 Å². The fourth-order valence-electron chi connectivity index (χ4n) is 4.55. The number of anilines is 1. The maximum atomic E-state index is 14.5. The zero-order valence-electron chi connectivity index (χ0n) is 20.5. The minimum atomic E-state index is -4.34. The number of rotatable bonds is 5. The molecule has 1 aliphatic carbocycles. The average Bonchev–Trinajstić information content (AvgIpc) is 3.21. The van der Waals surface area contributed by atoms with Gasteiger partial charge in [-0.2, -0.15) is 5.26 Å². The van der Waals surface area contributed by atoms with Crippen LogP contribution >= 0.6 is 0 Å². The first-order valence-electron chi connectivity index (χ1n) is 11.5. The summed E-state index contributed by atoms with van der Waals surface area (Å²) in [6.45, 7) is 8.09. The van der Waals surface area contributed by atoms with Crippen LogP contribution in [-0.2, 0) is 32.9 Å². The Balaban J connectivity index is 1.86. The molecule has 0 fully saturated rings. The molecule has 36 heavy (non-hydrogen) atoms. The van der Waals surface area contributed by atoms with Gasteiger partial charge in [0, 0.05) is 11.9 Å². The van der Waals surface area contributed by atoms with Gasteiger partial charge in [0.05, 0.1) is 22.2 Å². The zero-order valence-corrected chi connectivity index (χ0v) is 22.2. The minimum Gasteiger partial charge on any atom is -0.277 e. The average molecular weight is 530 g/mol. The Morgan fingerprint density at radius 3 is 2.33 bits per heavy atom. The Hall–Kier alpha value is -3.16. The summed E-state index contributed by atoms with van der Waals surface area (Å²) in [5, 5.41) is 8.95. The minimum absolute atomic E-state index is 0.0522. The maximum Gasteiger partial charge on any atom is 0.267 e. The molecule has 0 saturated heterocycles. The van der Waals surface area contributed by atoms with Gasteiger partial charge in [-0.3, -0.25) is 4.72 Å². The monoisotopic (exact) mass is 529 g/mol. The van der Waals surface area contributed by atoms with Gasteiger partial charge in [0.2, 0.25) is 0 Å². The number of aryl methyl sites for hydroxylation is 1. The van der Waals surface area contributed by atoms with Gasteiger partial charge in [0.1, 0.15) is 10.7 Å².